The number of amides is 1. The molecule has 0 aliphatic carbocycles. The van der Waals surface area contributed by atoms with Crippen molar-refractivity contribution in [2.24, 2.45) is 0 Å². The number of nitrogens with one attached hydrogen (secondary N) is 2. The smallest absolute Gasteiger partial charge is 0.256 e. The summed E-state index contributed by atoms with van der Waals surface area (Å²) in [6, 6.07) is 20.0. The van der Waals surface area contributed by atoms with Gasteiger partial charge in [0.15, 0.2) is 0 Å². The lowest BCUT2D eigenvalue weighted by atomic mass is 10.0. The molecule has 1 atom stereocenters. The number of thiophene rings is 1. The molecule has 3 nitrogen and oxygen atoms in total. The van der Waals surface area contributed by atoms with Crippen molar-refractivity contribution in [3.05, 3.63) is 83.2 Å². The number of carbonyl (C=O) groups is 1. The molecule has 1 aliphatic heterocycles. The van der Waals surface area contributed by atoms with Gasteiger partial charge in [-0.3, -0.25) is 4.79 Å². The van der Waals surface area contributed by atoms with E-state index in [4.69, 9.17) is 0 Å². The molecule has 4 heteroatoms. The Morgan fingerprint density at radius 2 is 1.62 bits per heavy atom. The van der Waals surface area contributed by atoms with E-state index in [0.717, 1.165) is 27.3 Å². The van der Waals surface area contributed by atoms with Crippen molar-refractivity contribution in [1.82, 2.24) is 5.32 Å². The minimum absolute atomic E-state index is 0.0356. The van der Waals surface area contributed by atoms with Gasteiger partial charge in [0, 0.05) is 10.9 Å². The van der Waals surface area contributed by atoms with Crippen LogP contribution < -0.4 is 10.6 Å². The average molecular weight is 332 g/mol. The van der Waals surface area contributed by atoms with Gasteiger partial charge < -0.3 is 10.6 Å². The molecule has 1 aliphatic rings. The molecular weight excluding hydrogens is 316 g/mol. The molecule has 2 N–H and O–H groups in total. The third kappa shape index (κ3) is 2.84. The second-order valence-electron chi connectivity index (χ2n) is 5.58. The van der Waals surface area contributed by atoms with Gasteiger partial charge in [-0.15, -0.1) is 11.3 Å². The van der Waals surface area contributed by atoms with E-state index >= 15 is 0 Å². The first-order valence-electron chi connectivity index (χ1n) is 7.79. The van der Waals surface area contributed by atoms with Crippen molar-refractivity contribution in [3.63, 3.8) is 0 Å². The molecule has 0 fully saturated rings. The number of hydrogen-bond acceptors (Lipinski definition) is 3. The molecule has 4 rings (SSSR count). The number of carbonyl (C=O) groups excluding carboxylic acids is 1. The summed E-state index contributed by atoms with van der Waals surface area (Å²) in [7, 11) is 0. The molecule has 3 aromatic rings. The molecule has 0 saturated heterocycles. The third-order valence-corrected chi connectivity index (χ3v) is 4.87. The van der Waals surface area contributed by atoms with Crippen molar-refractivity contribution in [1.29, 1.82) is 0 Å². The highest BCUT2D eigenvalue weighted by Crippen LogP contribution is 2.37. The molecule has 0 spiro atoms. The number of rotatable bonds is 3. The van der Waals surface area contributed by atoms with Crippen LogP contribution in [-0.4, -0.2) is 12.1 Å². The summed E-state index contributed by atoms with van der Waals surface area (Å²) in [6.45, 7) is 0. The number of fused-ring (bicyclic) bond motifs is 1. The second kappa shape index (κ2) is 6.34. The summed E-state index contributed by atoms with van der Waals surface area (Å²) >= 11 is 1.57. The molecular formula is C20H16N2OS. The van der Waals surface area contributed by atoms with Gasteiger partial charge in [0.1, 0.15) is 11.2 Å². The fourth-order valence-electron chi connectivity index (χ4n) is 2.78. The van der Waals surface area contributed by atoms with Gasteiger partial charge in [-0.2, -0.15) is 0 Å². The maximum Gasteiger partial charge on any atom is 0.256 e. The topological polar surface area (TPSA) is 41.1 Å². The van der Waals surface area contributed by atoms with Crippen LogP contribution in [-0.2, 0) is 0 Å². The van der Waals surface area contributed by atoms with E-state index in [1.807, 2.05) is 78.2 Å². The zero-order chi connectivity index (χ0) is 16.4. The van der Waals surface area contributed by atoms with Crippen LogP contribution in [0.15, 0.2) is 72.1 Å². The Balaban J connectivity index is 1.59. The lowest BCUT2D eigenvalue weighted by Crippen LogP contribution is -2.43. The zero-order valence-corrected chi connectivity index (χ0v) is 13.7. The predicted octanol–water partition coefficient (Wildman–Crippen LogP) is 4.61. The predicted molar refractivity (Wildman–Crippen MR) is 100 cm³/mol. The molecule has 2 aromatic carbocycles. The fourth-order valence-corrected chi connectivity index (χ4v) is 3.78. The first-order valence-corrected chi connectivity index (χ1v) is 8.67. The van der Waals surface area contributed by atoms with Gasteiger partial charge in [0.05, 0.1) is 5.56 Å². The lowest BCUT2D eigenvalue weighted by Gasteiger charge is -2.24. The van der Waals surface area contributed by atoms with E-state index in [1.165, 1.54) is 0 Å². The van der Waals surface area contributed by atoms with Gasteiger partial charge in [-0.25, -0.2) is 0 Å². The van der Waals surface area contributed by atoms with Crippen molar-refractivity contribution < 1.29 is 4.79 Å². The van der Waals surface area contributed by atoms with Crippen LogP contribution in [0.1, 0.15) is 15.9 Å². The number of anilines is 1. The number of hydrogen-bond donors (Lipinski definition) is 2. The van der Waals surface area contributed by atoms with Crippen LogP contribution in [0.2, 0.25) is 0 Å². The van der Waals surface area contributed by atoms with Crippen LogP contribution in [0.25, 0.3) is 17.2 Å². The Morgan fingerprint density at radius 1 is 0.917 bits per heavy atom. The Hall–Kier alpha value is -2.85. The Bertz CT molecular complexity index is 885. The van der Waals surface area contributed by atoms with Crippen molar-refractivity contribution >= 4 is 28.3 Å². The quantitative estimate of drug-likeness (QED) is 0.735. The molecule has 1 amide bonds. The average Bonchev–Trinajstić information content (AvgIpc) is 3.06. The zero-order valence-electron chi connectivity index (χ0n) is 12.9. The van der Waals surface area contributed by atoms with Gasteiger partial charge in [-0.1, -0.05) is 66.7 Å². The largest absolute Gasteiger partial charge is 0.353 e. The normalized spacial score (nSPS) is 16.5. The first-order chi connectivity index (χ1) is 11.8. The summed E-state index contributed by atoms with van der Waals surface area (Å²) in [6.07, 6.45) is 3.78. The highest BCUT2D eigenvalue weighted by Gasteiger charge is 2.27. The van der Waals surface area contributed by atoms with Gasteiger partial charge in [0.2, 0.25) is 0 Å². The molecule has 0 bridgehead atoms. The highest BCUT2D eigenvalue weighted by molar-refractivity contribution is 7.15. The van der Waals surface area contributed by atoms with Crippen LogP contribution in [0.3, 0.4) is 0 Å². The summed E-state index contributed by atoms with van der Waals surface area (Å²) < 4.78 is 0. The fraction of sp³-hybridized carbons (Fsp3) is 0.0500. The Morgan fingerprint density at radius 3 is 2.38 bits per heavy atom. The van der Waals surface area contributed by atoms with Crippen LogP contribution in [0, 0.1) is 0 Å². The minimum Gasteiger partial charge on any atom is -0.353 e. The van der Waals surface area contributed by atoms with Crippen molar-refractivity contribution in [3.8, 4) is 11.1 Å². The van der Waals surface area contributed by atoms with Crippen molar-refractivity contribution in [2.45, 2.75) is 6.17 Å². The Labute approximate surface area is 144 Å². The van der Waals surface area contributed by atoms with E-state index in [9.17, 15) is 4.79 Å². The van der Waals surface area contributed by atoms with E-state index in [-0.39, 0.29) is 12.1 Å². The molecule has 0 radical (unpaired) electrons. The van der Waals surface area contributed by atoms with Crippen LogP contribution in [0.4, 0.5) is 5.00 Å². The lowest BCUT2D eigenvalue weighted by molar-refractivity contribution is 0.0944. The van der Waals surface area contributed by atoms with E-state index in [2.05, 4.69) is 10.6 Å². The van der Waals surface area contributed by atoms with Gasteiger partial charge in [-0.05, 0) is 17.2 Å². The standard InChI is InChI=1S/C20H16N2OS/c23-19-18-16(15-9-5-2-6-10-15)13-24-20(18)22-17(21-19)12-11-14-7-3-1-4-8-14/h1-13,17,22H,(H,21,23)/b12-11+. The minimum atomic E-state index is -0.201. The molecule has 1 aromatic heterocycles. The molecule has 2 heterocycles. The third-order valence-electron chi connectivity index (χ3n) is 3.96. The molecule has 1 unspecified atom stereocenters. The summed E-state index contributed by atoms with van der Waals surface area (Å²) in [5.74, 6) is -0.0356. The van der Waals surface area contributed by atoms with Gasteiger partial charge >= 0.3 is 0 Å². The summed E-state index contributed by atoms with van der Waals surface area (Å²) in [4.78, 5) is 12.6. The summed E-state index contributed by atoms with van der Waals surface area (Å²) in [5, 5.41) is 9.35. The SMILES string of the molecule is O=C1NC(/C=C/c2ccccc2)Nc2scc(-c3ccccc3)c21. The van der Waals surface area contributed by atoms with E-state index < -0.39 is 0 Å². The Kier molecular flexibility index (Phi) is 3.89. The van der Waals surface area contributed by atoms with Crippen LogP contribution >= 0.6 is 11.3 Å². The van der Waals surface area contributed by atoms with Crippen LogP contribution in [0.5, 0.6) is 0 Å². The maximum absolute atomic E-state index is 12.6. The molecule has 118 valence electrons. The monoisotopic (exact) mass is 332 g/mol. The molecule has 0 saturated carbocycles. The maximum atomic E-state index is 12.6. The number of benzene rings is 2. The molecule has 24 heavy (non-hydrogen) atoms. The summed E-state index contributed by atoms with van der Waals surface area (Å²) in [5.41, 5.74) is 3.88. The van der Waals surface area contributed by atoms with E-state index in [0.29, 0.717) is 0 Å². The van der Waals surface area contributed by atoms with Crippen molar-refractivity contribution in [2.75, 3.05) is 5.32 Å². The van der Waals surface area contributed by atoms with E-state index in [1.54, 1.807) is 11.3 Å². The first kappa shape index (κ1) is 14.7. The van der Waals surface area contributed by atoms with Gasteiger partial charge in [0.25, 0.3) is 5.91 Å². The highest BCUT2D eigenvalue weighted by atomic mass is 32.1. The second-order valence-corrected chi connectivity index (χ2v) is 6.46.